The van der Waals surface area contributed by atoms with E-state index in [1.807, 2.05) is 0 Å². The van der Waals surface area contributed by atoms with Crippen molar-refractivity contribution in [2.45, 2.75) is 32.1 Å². The third-order valence-corrected chi connectivity index (χ3v) is 4.08. The summed E-state index contributed by atoms with van der Waals surface area (Å²) in [6.45, 7) is 3.19. The van der Waals surface area contributed by atoms with Crippen LogP contribution in [0.1, 0.15) is 32.1 Å². The lowest BCUT2D eigenvalue weighted by molar-refractivity contribution is -0.701. The van der Waals surface area contributed by atoms with Crippen LogP contribution in [0.15, 0.2) is 4.99 Å². The van der Waals surface area contributed by atoms with Gasteiger partial charge in [-0.2, -0.15) is 5.26 Å². The Morgan fingerprint density at radius 2 is 2.07 bits per heavy atom. The van der Waals surface area contributed by atoms with Crippen LogP contribution < -0.4 is 0 Å². The van der Waals surface area contributed by atoms with Crippen molar-refractivity contribution >= 4 is 17.8 Å². The third kappa shape index (κ3) is 1.79. The number of thiocyanates is 1. The van der Waals surface area contributed by atoms with Crippen LogP contribution in [0.2, 0.25) is 0 Å². The van der Waals surface area contributed by atoms with Crippen LogP contribution in [-0.4, -0.2) is 29.4 Å². The van der Waals surface area contributed by atoms with Gasteiger partial charge in [-0.15, -0.1) is 0 Å². The van der Waals surface area contributed by atoms with E-state index in [2.05, 4.69) is 10.4 Å². The van der Waals surface area contributed by atoms with Crippen LogP contribution in [-0.2, 0) is 0 Å². The zero-order valence-electron chi connectivity index (χ0n) is 8.41. The Bertz CT molecular complexity index is 282. The number of hydrogen-bond donors (Lipinski definition) is 0. The summed E-state index contributed by atoms with van der Waals surface area (Å²) in [5.41, 5.74) is 0. The number of nitrogens with zero attached hydrogens (tertiary/aromatic N) is 3. The highest BCUT2D eigenvalue weighted by molar-refractivity contribution is 7.98. The molecule has 76 valence electrons. The van der Waals surface area contributed by atoms with Crippen LogP contribution in [0.25, 0.3) is 0 Å². The smallest absolute Gasteiger partial charge is 0.210 e. The minimum Gasteiger partial charge on any atom is -0.237 e. The molecule has 0 aliphatic carbocycles. The predicted molar refractivity (Wildman–Crippen MR) is 58.6 cm³/mol. The van der Waals surface area contributed by atoms with E-state index in [1.165, 1.54) is 37.0 Å². The van der Waals surface area contributed by atoms with Crippen LogP contribution >= 0.6 is 11.9 Å². The molecule has 0 amide bonds. The standard InChI is InChI=1S/C10H16N3S/c11-9-14-13-7-3-1-2-5-10(13)12-6-4-8-13/h1-8H2/q+1. The second-order valence-electron chi connectivity index (χ2n) is 3.98. The Kier molecular flexibility index (Phi) is 3.09. The quantitative estimate of drug-likeness (QED) is 0.378. The van der Waals surface area contributed by atoms with Crippen molar-refractivity contribution in [2.24, 2.45) is 4.99 Å². The fourth-order valence-corrected chi connectivity index (χ4v) is 3.22. The number of rotatable bonds is 1. The van der Waals surface area contributed by atoms with E-state index in [4.69, 9.17) is 5.26 Å². The number of nitriles is 1. The van der Waals surface area contributed by atoms with Gasteiger partial charge in [-0.3, -0.25) is 0 Å². The summed E-state index contributed by atoms with van der Waals surface area (Å²) in [4.78, 5) is 4.62. The molecule has 1 unspecified atom stereocenters. The molecule has 2 aliphatic rings. The number of aliphatic imine (C=N–C) groups is 1. The van der Waals surface area contributed by atoms with Gasteiger partial charge in [0.25, 0.3) is 0 Å². The second-order valence-corrected chi connectivity index (χ2v) is 5.05. The molecule has 0 aromatic carbocycles. The van der Waals surface area contributed by atoms with Crippen molar-refractivity contribution in [1.82, 2.24) is 0 Å². The van der Waals surface area contributed by atoms with E-state index < -0.39 is 0 Å². The van der Waals surface area contributed by atoms with Gasteiger partial charge >= 0.3 is 0 Å². The summed E-state index contributed by atoms with van der Waals surface area (Å²) in [7, 11) is 0. The van der Waals surface area contributed by atoms with Crippen molar-refractivity contribution < 1.29 is 3.89 Å². The maximum atomic E-state index is 8.89. The van der Waals surface area contributed by atoms with E-state index in [0.717, 1.165) is 36.4 Å². The van der Waals surface area contributed by atoms with Gasteiger partial charge in [0.15, 0.2) is 5.40 Å². The largest absolute Gasteiger partial charge is 0.237 e. The summed E-state index contributed by atoms with van der Waals surface area (Å²) >= 11 is 1.41. The summed E-state index contributed by atoms with van der Waals surface area (Å²) in [5, 5.41) is 11.1. The summed E-state index contributed by atoms with van der Waals surface area (Å²) < 4.78 is 0.816. The van der Waals surface area contributed by atoms with Gasteiger partial charge in [0.1, 0.15) is 0 Å². The first-order chi connectivity index (χ1) is 6.87. The lowest BCUT2D eigenvalue weighted by atomic mass is 10.2. The van der Waals surface area contributed by atoms with Crippen molar-refractivity contribution in [3.63, 3.8) is 0 Å². The Morgan fingerprint density at radius 1 is 1.21 bits per heavy atom. The van der Waals surface area contributed by atoms with Crippen LogP contribution in [0.5, 0.6) is 0 Å². The maximum absolute atomic E-state index is 8.89. The Labute approximate surface area is 89.5 Å². The lowest BCUT2D eigenvalue weighted by Gasteiger charge is -2.34. The van der Waals surface area contributed by atoms with E-state index >= 15 is 0 Å². The average molecular weight is 210 g/mol. The third-order valence-electron chi connectivity index (χ3n) is 3.08. The molecule has 1 atom stereocenters. The second kappa shape index (κ2) is 4.33. The SMILES string of the molecule is N#CS[N+]12CCCCCC1=NCCC2. The molecule has 2 rings (SSSR count). The van der Waals surface area contributed by atoms with Crippen molar-refractivity contribution in [3.05, 3.63) is 0 Å². The highest BCUT2D eigenvalue weighted by atomic mass is 32.2. The Balaban J connectivity index is 2.25. The highest BCUT2D eigenvalue weighted by Crippen LogP contribution is 2.32. The molecule has 0 aromatic heterocycles. The fourth-order valence-electron chi connectivity index (χ4n) is 2.37. The van der Waals surface area contributed by atoms with E-state index in [-0.39, 0.29) is 0 Å². The molecular formula is C10H16N3S+. The molecule has 3 nitrogen and oxygen atoms in total. The van der Waals surface area contributed by atoms with Gasteiger partial charge in [-0.25, -0.2) is 8.88 Å². The summed E-state index contributed by atoms with van der Waals surface area (Å²) in [6, 6.07) is 0. The molecule has 1 fully saturated rings. The molecule has 0 saturated carbocycles. The summed E-state index contributed by atoms with van der Waals surface area (Å²) in [5.74, 6) is 1.28. The highest BCUT2D eigenvalue weighted by Gasteiger charge is 2.39. The van der Waals surface area contributed by atoms with Crippen molar-refractivity contribution in [1.29, 1.82) is 5.26 Å². The van der Waals surface area contributed by atoms with Crippen molar-refractivity contribution in [2.75, 3.05) is 19.6 Å². The van der Waals surface area contributed by atoms with Gasteiger partial charge in [0.05, 0.1) is 19.6 Å². The molecule has 2 heterocycles. The van der Waals surface area contributed by atoms with Crippen LogP contribution in [0.4, 0.5) is 0 Å². The fraction of sp³-hybridized carbons (Fsp3) is 0.800. The molecule has 0 spiro atoms. The van der Waals surface area contributed by atoms with Crippen LogP contribution in [0.3, 0.4) is 0 Å². The Hall–Kier alpha value is -0.530. The van der Waals surface area contributed by atoms with Gasteiger partial charge in [-0.1, -0.05) is 0 Å². The zero-order valence-corrected chi connectivity index (χ0v) is 9.22. The monoisotopic (exact) mass is 210 g/mol. The molecular weight excluding hydrogens is 194 g/mol. The van der Waals surface area contributed by atoms with Crippen molar-refractivity contribution in [3.8, 4) is 5.40 Å². The van der Waals surface area contributed by atoms with E-state index in [0.29, 0.717) is 0 Å². The average Bonchev–Trinajstić information content (AvgIpc) is 2.40. The number of quaternary nitrogens is 1. The molecule has 14 heavy (non-hydrogen) atoms. The Morgan fingerprint density at radius 3 is 2.93 bits per heavy atom. The molecule has 0 aromatic rings. The lowest BCUT2D eigenvalue weighted by Crippen LogP contribution is -2.49. The minimum atomic E-state index is 0.816. The zero-order chi connectivity index (χ0) is 9.86. The molecule has 4 heteroatoms. The normalized spacial score (nSPS) is 32.4. The first-order valence-corrected chi connectivity index (χ1v) is 6.13. The predicted octanol–water partition coefficient (Wildman–Crippen LogP) is 2.31. The number of hydrogen-bond acceptors (Lipinski definition) is 3. The van der Waals surface area contributed by atoms with Gasteiger partial charge < -0.3 is 0 Å². The number of amidine groups is 1. The molecule has 0 radical (unpaired) electrons. The van der Waals surface area contributed by atoms with Gasteiger partial charge in [0.2, 0.25) is 17.8 Å². The van der Waals surface area contributed by atoms with Gasteiger partial charge in [0, 0.05) is 12.8 Å². The molecule has 0 N–H and O–H groups in total. The molecule has 0 bridgehead atoms. The van der Waals surface area contributed by atoms with E-state index in [1.54, 1.807) is 0 Å². The molecule has 1 saturated heterocycles. The number of fused-ring (bicyclic) bond motifs is 1. The maximum Gasteiger partial charge on any atom is 0.210 e. The minimum absolute atomic E-state index is 0.816. The topological polar surface area (TPSA) is 36.1 Å². The van der Waals surface area contributed by atoms with Crippen LogP contribution in [0, 0.1) is 10.7 Å². The first kappa shape index (κ1) is 10.0. The summed E-state index contributed by atoms with van der Waals surface area (Å²) in [6.07, 6.45) is 6.04. The molecule has 2 aliphatic heterocycles. The van der Waals surface area contributed by atoms with Gasteiger partial charge in [-0.05, 0) is 19.3 Å². The first-order valence-electron chi connectivity index (χ1n) is 5.36. The van der Waals surface area contributed by atoms with E-state index in [9.17, 15) is 0 Å².